The van der Waals surface area contributed by atoms with Gasteiger partial charge in [-0.25, -0.2) is 0 Å². The number of rotatable bonds is 4. The van der Waals surface area contributed by atoms with E-state index < -0.39 is 11.0 Å². The van der Waals surface area contributed by atoms with Crippen molar-refractivity contribution in [1.82, 2.24) is 9.88 Å². The van der Waals surface area contributed by atoms with Gasteiger partial charge in [0.15, 0.2) is 0 Å². The number of hydrogen-bond acceptors (Lipinski definition) is 4. The lowest BCUT2D eigenvalue weighted by atomic mass is 9.92. The number of aliphatic hydroxyl groups excluding tert-OH is 1. The first kappa shape index (κ1) is 14.1. The maximum atomic E-state index is 12.4. The van der Waals surface area contributed by atoms with Crippen LogP contribution in [0.25, 0.3) is 0 Å². The van der Waals surface area contributed by atoms with Gasteiger partial charge >= 0.3 is 0 Å². The molecule has 21 heavy (non-hydrogen) atoms. The molecule has 3 rings (SSSR count). The van der Waals surface area contributed by atoms with Crippen LogP contribution in [0.2, 0.25) is 0 Å². The summed E-state index contributed by atoms with van der Waals surface area (Å²) in [6.45, 7) is 0. The van der Waals surface area contributed by atoms with Crippen LogP contribution >= 0.6 is 0 Å². The van der Waals surface area contributed by atoms with Crippen molar-refractivity contribution in [2.75, 3.05) is 0 Å². The highest BCUT2D eigenvalue weighted by atomic mass is 16.6. The van der Waals surface area contributed by atoms with Gasteiger partial charge in [0.2, 0.25) is 0 Å². The zero-order chi connectivity index (χ0) is 15.0. The molecular weight excluding hydrogens is 274 g/mol. The molecule has 7 nitrogen and oxygen atoms in total. The Morgan fingerprint density at radius 1 is 1.33 bits per heavy atom. The van der Waals surface area contributed by atoms with Crippen molar-refractivity contribution in [2.24, 2.45) is 0 Å². The summed E-state index contributed by atoms with van der Waals surface area (Å²) in [5.74, 6) is -0.332. The van der Waals surface area contributed by atoms with E-state index in [4.69, 9.17) is 0 Å². The van der Waals surface area contributed by atoms with Crippen LogP contribution in [-0.4, -0.2) is 32.6 Å². The second-order valence-corrected chi connectivity index (χ2v) is 5.91. The largest absolute Gasteiger partial charge is 0.391 e. The minimum atomic E-state index is -0.526. The third kappa shape index (κ3) is 2.92. The lowest BCUT2D eigenvalue weighted by Gasteiger charge is -2.28. The Bertz CT molecular complexity index is 565. The Balaban J connectivity index is 1.78. The summed E-state index contributed by atoms with van der Waals surface area (Å²) in [7, 11) is 0. The molecule has 0 radical (unpaired) electrons. The van der Waals surface area contributed by atoms with E-state index in [2.05, 4.69) is 5.32 Å². The molecule has 2 atom stereocenters. The lowest BCUT2D eigenvalue weighted by Crippen LogP contribution is -2.45. The Hall–Kier alpha value is -1.89. The smallest absolute Gasteiger partial charge is 0.287 e. The summed E-state index contributed by atoms with van der Waals surface area (Å²) < 4.78 is 1.70. The van der Waals surface area contributed by atoms with E-state index in [1.54, 1.807) is 4.57 Å². The molecule has 0 aliphatic heterocycles. The molecule has 0 unspecified atom stereocenters. The normalized spacial score (nSPS) is 25.6. The van der Waals surface area contributed by atoms with Gasteiger partial charge in [-0.05, 0) is 25.7 Å². The topological polar surface area (TPSA) is 97.4 Å². The van der Waals surface area contributed by atoms with Crippen molar-refractivity contribution >= 4 is 11.6 Å². The molecule has 2 saturated carbocycles. The van der Waals surface area contributed by atoms with Gasteiger partial charge in [-0.1, -0.05) is 12.8 Å². The van der Waals surface area contributed by atoms with Gasteiger partial charge in [0.25, 0.3) is 11.6 Å². The molecule has 1 aromatic rings. The molecule has 1 amide bonds. The van der Waals surface area contributed by atoms with Gasteiger partial charge in [0, 0.05) is 12.1 Å². The molecule has 2 N–H and O–H groups in total. The third-order valence-corrected chi connectivity index (χ3v) is 4.26. The highest BCUT2D eigenvalue weighted by Gasteiger charge is 2.32. The molecule has 2 aliphatic rings. The van der Waals surface area contributed by atoms with Gasteiger partial charge in [-0.2, -0.15) is 0 Å². The number of hydrogen-bond donors (Lipinski definition) is 2. The average Bonchev–Trinajstić information content (AvgIpc) is 3.19. The van der Waals surface area contributed by atoms with Crippen LogP contribution < -0.4 is 5.32 Å². The molecule has 0 spiro atoms. The van der Waals surface area contributed by atoms with Gasteiger partial charge in [0.05, 0.1) is 23.3 Å². The molecule has 2 fully saturated rings. The lowest BCUT2D eigenvalue weighted by molar-refractivity contribution is -0.384. The summed E-state index contributed by atoms with van der Waals surface area (Å²) in [6, 6.07) is 1.26. The van der Waals surface area contributed by atoms with Gasteiger partial charge < -0.3 is 15.0 Å². The van der Waals surface area contributed by atoms with Crippen molar-refractivity contribution in [3.63, 3.8) is 0 Å². The molecule has 1 aromatic heterocycles. The molecule has 2 aliphatic carbocycles. The van der Waals surface area contributed by atoms with E-state index >= 15 is 0 Å². The highest BCUT2D eigenvalue weighted by molar-refractivity contribution is 5.94. The number of carbonyl (C=O) groups is 1. The SMILES string of the molecule is O=C(N[C@@H]1CCCC[C@H]1O)c1cc([N+](=O)[O-])cn1C1CC1. The van der Waals surface area contributed by atoms with Crippen LogP contribution in [0, 0.1) is 10.1 Å². The minimum absolute atomic E-state index is 0.0590. The minimum Gasteiger partial charge on any atom is -0.391 e. The van der Waals surface area contributed by atoms with Crippen molar-refractivity contribution in [3.05, 3.63) is 28.1 Å². The monoisotopic (exact) mass is 293 g/mol. The molecule has 0 saturated heterocycles. The fourth-order valence-corrected chi connectivity index (χ4v) is 2.92. The summed E-state index contributed by atoms with van der Waals surface area (Å²) in [4.78, 5) is 22.8. The van der Waals surface area contributed by atoms with Crippen molar-refractivity contribution < 1.29 is 14.8 Å². The predicted molar refractivity (Wildman–Crippen MR) is 75.1 cm³/mol. The maximum Gasteiger partial charge on any atom is 0.287 e. The van der Waals surface area contributed by atoms with Crippen LogP contribution in [0.3, 0.4) is 0 Å². The average molecular weight is 293 g/mol. The van der Waals surface area contributed by atoms with Crippen LogP contribution in [0.1, 0.15) is 55.1 Å². The molecule has 0 aromatic carbocycles. The first-order chi connectivity index (χ1) is 10.1. The van der Waals surface area contributed by atoms with E-state index in [9.17, 15) is 20.0 Å². The Kier molecular flexibility index (Phi) is 3.67. The Labute approximate surface area is 122 Å². The summed E-state index contributed by atoms with van der Waals surface area (Å²) in [5, 5.41) is 23.6. The van der Waals surface area contributed by atoms with Crippen LogP contribution in [0.15, 0.2) is 12.3 Å². The van der Waals surface area contributed by atoms with Gasteiger partial charge in [0.1, 0.15) is 5.69 Å². The van der Waals surface area contributed by atoms with Crippen LogP contribution in [0.5, 0.6) is 0 Å². The Morgan fingerprint density at radius 3 is 2.67 bits per heavy atom. The van der Waals surface area contributed by atoms with E-state index in [-0.39, 0.29) is 23.7 Å². The fraction of sp³-hybridized carbons (Fsp3) is 0.643. The second-order valence-electron chi connectivity index (χ2n) is 5.91. The molecule has 114 valence electrons. The summed E-state index contributed by atoms with van der Waals surface area (Å²) >= 11 is 0. The zero-order valence-corrected chi connectivity index (χ0v) is 11.7. The first-order valence-electron chi connectivity index (χ1n) is 7.41. The van der Waals surface area contributed by atoms with Crippen LogP contribution in [0.4, 0.5) is 5.69 Å². The van der Waals surface area contributed by atoms with Gasteiger partial charge in [-0.15, -0.1) is 0 Å². The van der Waals surface area contributed by atoms with Gasteiger partial charge in [-0.3, -0.25) is 14.9 Å². The van der Waals surface area contributed by atoms with Crippen molar-refractivity contribution in [3.8, 4) is 0 Å². The number of amides is 1. The number of aliphatic hydroxyl groups is 1. The molecule has 7 heteroatoms. The van der Waals surface area contributed by atoms with Crippen molar-refractivity contribution in [1.29, 1.82) is 0 Å². The maximum absolute atomic E-state index is 12.4. The molecular formula is C14H19N3O4. The zero-order valence-electron chi connectivity index (χ0n) is 11.7. The van der Waals surface area contributed by atoms with E-state index in [0.29, 0.717) is 12.1 Å². The number of nitrogens with zero attached hydrogens (tertiary/aromatic N) is 2. The first-order valence-corrected chi connectivity index (χ1v) is 7.41. The number of aromatic nitrogens is 1. The molecule has 1 heterocycles. The van der Waals surface area contributed by atoms with E-state index in [0.717, 1.165) is 32.1 Å². The summed E-state index contributed by atoms with van der Waals surface area (Å²) in [5.41, 5.74) is 0.262. The quantitative estimate of drug-likeness (QED) is 0.653. The number of nitrogens with one attached hydrogen (secondary N) is 1. The Morgan fingerprint density at radius 2 is 2.05 bits per heavy atom. The van der Waals surface area contributed by atoms with Crippen molar-refractivity contribution in [2.45, 2.75) is 56.7 Å². The molecule has 0 bridgehead atoms. The third-order valence-electron chi connectivity index (χ3n) is 4.26. The number of carbonyl (C=O) groups excluding carboxylic acids is 1. The van der Waals surface area contributed by atoms with Crippen LogP contribution in [-0.2, 0) is 0 Å². The second kappa shape index (κ2) is 5.48. The van der Waals surface area contributed by atoms with E-state index in [1.165, 1.54) is 12.3 Å². The fourth-order valence-electron chi connectivity index (χ4n) is 2.92. The standard InChI is InChI=1S/C14H19N3O4/c18-13-4-2-1-3-11(13)15-14(19)12-7-10(17(20)21)8-16(12)9-5-6-9/h7-9,11,13,18H,1-6H2,(H,15,19)/t11-,13-/m1/s1. The predicted octanol–water partition coefficient (Wildman–Crippen LogP) is 1.76. The summed E-state index contributed by atoms with van der Waals surface area (Å²) in [6.07, 6.45) is 6.18. The highest BCUT2D eigenvalue weighted by Crippen LogP contribution is 2.38. The number of nitro groups is 1. The van der Waals surface area contributed by atoms with E-state index in [1.807, 2.05) is 0 Å².